The number of aromatic nitrogens is 1. The predicted molar refractivity (Wildman–Crippen MR) is 105 cm³/mol. The Hall–Kier alpha value is -3.85. The standard InChI is InChI=1S/C23H17FN2O3/c1-28-20-7-3-6-18(12-20)22-21(26-23(27)29-22)17-5-2-4-15(10-17)8-9-16-11-19(24)14-25-13-16/h2-7,10-14,21-22H,1H3,(H,26,27)/t21-,22-/m1/s1. The molecule has 4 rings (SSSR count). The van der Waals surface area contributed by atoms with Crippen LogP contribution >= 0.6 is 0 Å². The van der Waals surface area contributed by atoms with Gasteiger partial charge >= 0.3 is 6.09 Å². The van der Waals surface area contributed by atoms with Crippen LogP contribution in [-0.4, -0.2) is 18.2 Å². The summed E-state index contributed by atoms with van der Waals surface area (Å²) < 4.78 is 24.0. The number of halogens is 1. The van der Waals surface area contributed by atoms with Gasteiger partial charge in [-0.25, -0.2) is 9.18 Å². The second-order valence-corrected chi connectivity index (χ2v) is 6.49. The first kappa shape index (κ1) is 18.5. The predicted octanol–water partition coefficient (Wildman–Crippen LogP) is 4.15. The quantitative estimate of drug-likeness (QED) is 0.685. The number of amides is 1. The second kappa shape index (κ2) is 8.03. The highest BCUT2D eigenvalue weighted by Gasteiger charge is 2.36. The number of carbonyl (C=O) groups is 1. The fourth-order valence-electron chi connectivity index (χ4n) is 3.19. The van der Waals surface area contributed by atoms with Crippen molar-refractivity contribution in [1.82, 2.24) is 10.3 Å². The Bertz CT molecular complexity index is 1120. The molecule has 2 heterocycles. The largest absolute Gasteiger partial charge is 0.497 e. The molecule has 6 heteroatoms. The number of ether oxygens (including phenoxy) is 2. The summed E-state index contributed by atoms with van der Waals surface area (Å²) in [6.45, 7) is 0. The van der Waals surface area contributed by atoms with Crippen molar-refractivity contribution in [3.63, 3.8) is 0 Å². The van der Waals surface area contributed by atoms with Gasteiger partial charge in [-0.15, -0.1) is 0 Å². The molecule has 1 aliphatic heterocycles. The fraction of sp³-hybridized carbons (Fsp3) is 0.130. The van der Waals surface area contributed by atoms with E-state index in [0.29, 0.717) is 11.3 Å². The minimum Gasteiger partial charge on any atom is -0.497 e. The number of benzene rings is 2. The van der Waals surface area contributed by atoms with Crippen molar-refractivity contribution in [2.24, 2.45) is 0 Å². The SMILES string of the molecule is COc1cccc([C@H]2OC(=O)N[C@@H]2c2cccc(C#Cc3cncc(F)c3)c2)c1. The van der Waals surface area contributed by atoms with Crippen molar-refractivity contribution < 1.29 is 18.7 Å². The van der Waals surface area contributed by atoms with E-state index in [0.717, 1.165) is 22.9 Å². The van der Waals surface area contributed by atoms with E-state index in [4.69, 9.17) is 9.47 Å². The summed E-state index contributed by atoms with van der Waals surface area (Å²) in [5.74, 6) is 6.16. The lowest BCUT2D eigenvalue weighted by molar-refractivity contribution is 0.132. The molecule has 3 aromatic rings. The van der Waals surface area contributed by atoms with Gasteiger partial charge < -0.3 is 14.8 Å². The third kappa shape index (κ3) is 4.19. The highest BCUT2D eigenvalue weighted by Crippen LogP contribution is 2.37. The Balaban J connectivity index is 1.63. The molecule has 29 heavy (non-hydrogen) atoms. The van der Waals surface area contributed by atoms with E-state index in [9.17, 15) is 9.18 Å². The highest BCUT2D eigenvalue weighted by atomic mass is 19.1. The van der Waals surface area contributed by atoms with Gasteiger partial charge in [0, 0.05) is 17.3 Å². The Kier molecular flexibility index (Phi) is 5.12. The minimum absolute atomic E-state index is 0.368. The van der Waals surface area contributed by atoms with Gasteiger partial charge in [0.05, 0.1) is 19.3 Å². The van der Waals surface area contributed by atoms with Crippen LogP contribution in [0.1, 0.15) is 34.4 Å². The fourth-order valence-corrected chi connectivity index (χ4v) is 3.19. The topological polar surface area (TPSA) is 60.5 Å². The van der Waals surface area contributed by atoms with Crippen LogP contribution in [-0.2, 0) is 4.74 Å². The molecule has 0 aliphatic carbocycles. The maximum atomic E-state index is 13.3. The molecule has 0 bridgehead atoms. The van der Waals surface area contributed by atoms with Gasteiger partial charge in [-0.2, -0.15) is 0 Å². The summed E-state index contributed by atoms with van der Waals surface area (Å²) >= 11 is 0. The summed E-state index contributed by atoms with van der Waals surface area (Å²) in [5, 5.41) is 2.85. The molecule has 2 aromatic carbocycles. The lowest BCUT2D eigenvalue weighted by Crippen LogP contribution is -2.19. The molecule has 1 aliphatic rings. The number of cyclic esters (lactones) is 1. The molecule has 144 valence electrons. The van der Waals surface area contributed by atoms with E-state index >= 15 is 0 Å². The average Bonchev–Trinajstić information content (AvgIpc) is 3.14. The number of rotatable bonds is 3. The van der Waals surface area contributed by atoms with E-state index in [2.05, 4.69) is 22.1 Å². The zero-order valence-corrected chi connectivity index (χ0v) is 15.6. The number of nitrogens with zero attached hydrogens (tertiary/aromatic N) is 1. The number of carbonyl (C=O) groups excluding carboxylic acids is 1. The van der Waals surface area contributed by atoms with E-state index in [1.807, 2.05) is 48.5 Å². The first-order chi connectivity index (χ1) is 14.1. The van der Waals surface area contributed by atoms with Gasteiger partial charge in [-0.3, -0.25) is 4.98 Å². The summed E-state index contributed by atoms with van der Waals surface area (Å²) in [7, 11) is 1.59. The molecule has 0 radical (unpaired) electrons. The normalized spacial score (nSPS) is 17.7. The Labute approximate surface area is 167 Å². The van der Waals surface area contributed by atoms with Crippen LogP contribution in [0.2, 0.25) is 0 Å². The molecule has 1 aromatic heterocycles. The first-order valence-electron chi connectivity index (χ1n) is 8.96. The van der Waals surface area contributed by atoms with Crippen LogP contribution < -0.4 is 10.1 Å². The van der Waals surface area contributed by atoms with Gasteiger partial charge in [0.15, 0.2) is 6.10 Å². The molecule has 0 spiro atoms. The lowest BCUT2D eigenvalue weighted by Gasteiger charge is -2.18. The molecule has 1 saturated heterocycles. The molecule has 5 nitrogen and oxygen atoms in total. The number of nitrogens with one attached hydrogen (secondary N) is 1. The summed E-state index contributed by atoms with van der Waals surface area (Å²) in [5.41, 5.74) is 2.90. The van der Waals surface area contributed by atoms with Crippen molar-refractivity contribution in [3.8, 4) is 17.6 Å². The molecular weight excluding hydrogens is 371 g/mol. The highest BCUT2D eigenvalue weighted by molar-refractivity contribution is 5.71. The summed E-state index contributed by atoms with van der Waals surface area (Å²) in [4.78, 5) is 15.7. The van der Waals surface area contributed by atoms with E-state index in [1.54, 1.807) is 7.11 Å². The van der Waals surface area contributed by atoms with Gasteiger partial charge in [-0.1, -0.05) is 36.1 Å². The minimum atomic E-state index is -0.492. The number of methoxy groups -OCH3 is 1. The third-order valence-electron chi connectivity index (χ3n) is 4.53. The smallest absolute Gasteiger partial charge is 0.408 e. The second-order valence-electron chi connectivity index (χ2n) is 6.49. The van der Waals surface area contributed by atoms with Gasteiger partial charge in [-0.05, 0) is 41.5 Å². The van der Waals surface area contributed by atoms with E-state index in [-0.39, 0.29) is 6.04 Å². The Morgan fingerprint density at radius 2 is 1.83 bits per heavy atom. The van der Waals surface area contributed by atoms with Crippen LogP contribution in [0, 0.1) is 17.7 Å². The average molecular weight is 388 g/mol. The lowest BCUT2D eigenvalue weighted by atomic mass is 9.95. The van der Waals surface area contributed by atoms with Crippen LogP contribution in [0.25, 0.3) is 0 Å². The van der Waals surface area contributed by atoms with Gasteiger partial charge in [0.1, 0.15) is 11.6 Å². The number of pyridine rings is 1. The zero-order chi connectivity index (χ0) is 20.2. The van der Waals surface area contributed by atoms with E-state index < -0.39 is 18.0 Å². The van der Waals surface area contributed by atoms with Crippen LogP contribution in [0.15, 0.2) is 67.0 Å². The molecule has 0 unspecified atom stereocenters. The summed E-state index contributed by atoms with van der Waals surface area (Å²) in [6.07, 6.45) is 1.66. The zero-order valence-electron chi connectivity index (χ0n) is 15.6. The van der Waals surface area contributed by atoms with Crippen LogP contribution in [0.3, 0.4) is 0 Å². The first-order valence-corrected chi connectivity index (χ1v) is 8.96. The number of alkyl carbamates (subject to hydrolysis) is 1. The van der Waals surface area contributed by atoms with E-state index in [1.165, 1.54) is 12.3 Å². The third-order valence-corrected chi connectivity index (χ3v) is 4.53. The molecule has 2 atom stereocenters. The Morgan fingerprint density at radius 3 is 2.66 bits per heavy atom. The maximum absolute atomic E-state index is 13.3. The number of hydrogen-bond donors (Lipinski definition) is 1. The maximum Gasteiger partial charge on any atom is 0.408 e. The molecule has 1 N–H and O–H groups in total. The van der Waals surface area contributed by atoms with Crippen LogP contribution in [0.4, 0.5) is 9.18 Å². The monoisotopic (exact) mass is 388 g/mol. The molecule has 0 saturated carbocycles. The van der Waals surface area contributed by atoms with Crippen molar-refractivity contribution in [1.29, 1.82) is 0 Å². The van der Waals surface area contributed by atoms with Crippen molar-refractivity contribution in [2.75, 3.05) is 7.11 Å². The van der Waals surface area contributed by atoms with Crippen molar-refractivity contribution in [3.05, 3.63) is 95.1 Å². The Morgan fingerprint density at radius 1 is 1.03 bits per heavy atom. The molecular formula is C23H17FN2O3. The number of hydrogen-bond acceptors (Lipinski definition) is 4. The van der Waals surface area contributed by atoms with Gasteiger partial charge in [0.25, 0.3) is 0 Å². The van der Waals surface area contributed by atoms with Crippen molar-refractivity contribution >= 4 is 6.09 Å². The summed E-state index contributed by atoms with van der Waals surface area (Å²) in [6, 6.07) is 15.9. The van der Waals surface area contributed by atoms with Gasteiger partial charge in [0.2, 0.25) is 0 Å². The molecule has 1 amide bonds. The van der Waals surface area contributed by atoms with Crippen molar-refractivity contribution in [2.45, 2.75) is 12.1 Å². The molecule has 1 fully saturated rings. The van der Waals surface area contributed by atoms with Crippen LogP contribution in [0.5, 0.6) is 5.75 Å².